The average Bonchev–Trinajstić information content (AvgIpc) is 3.38. The van der Waals surface area contributed by atoms with Gasteiger partial charge in [-0.15, -0.1) is 0 Å². The van der Waals surface area contributed by atoms with Crippen LogP contribution in [0.25, 0.3) is 0 Å². The number of ether oxygens (including phenoxy) is 4. The average molecular weight is 785 g/mol. The van der Waals surface area contributed by atoms with E-state index >= 15 is 0 Å². The summed E-state index contributed by atoms with van der Waals surface area (Å²) in [6.07, 6.45) is -5.24. The molecular weight excluding hydrogens is 712 g/mol. The lowest BCUT2D eigenvalue weighted by Crippen LogP contribution is -2.64. The molecule has 4 aliphatic carbocycles. The van der Waals surface area contributed by atoms with Gasteiger partial charge in [-0.1, -0.05) is 53.2 Å². The zero-order valence-corrected chi connectivity index (χ0v) is 34.3. The topological polar surface area (TPSA) is 219 Å². The van der Waals surface area contributed by atoms with Gasteiger partial charge in [-0.25, -0.2) is 0 Å². The molecular formula is C42H72O13. The summed E-state index contributed by atoms with van der Waals surface area (Å²) in [6.45, 7) is 15.9. The Balaban J connectivity index is 1.18. The van der Waals surface area contributed by atoms with Gasteiger partial charge in [0.15, 0.2) is 12.6 Å². The molecule has 9 N–H and O–H groups in total. The van der Waals surface area contributed by atoms with Gasteiger partial charge in [0.05, 0.1) is 49.3 Å². The van der Waals surface area contributed by atoms with Crippen LogP contribution >= 0.6 is 0 Å². The van der Waals surface area contributed by atoms with Crippen LogP contribution in [0, 0.1) is 45.3 Å². The Morgan fingerprint density at radius 3 is 2.16 bits per heavy atom. The van der Waals surface area contributed by atoms with Crippen molar-refractivity contribution in [3.63, 3.8) is 0 Å². The molecule has 0 aromatic carbocycles. The molecule has 2 heterocycles. The molecule has 19 atom stereocenters. The molecule has 0 amide bonds. The second-order valence-corrected chi connectivity index (χ2v) is 20.1. The quantitative estimate of drug-likeness (QED) is 0.137. The van der Waals surface area contributed by atoms with Gasteiger partial charge < -0.3 is 64.9 Å². The van der Waals surface area contributed by atoms with Crippen molar-refractivity contribution in [3.8, 4) is 0 Å². The highest BCUT2D eigenvalue weighted by Gasteiger charge is 2.70. The predicted octanol–water partition coefficient (Wildman–Crippen LogP) is 2.15. The highest BCUT2D eigenvalue weighted by molar-refractivity contribution is 5.31. The predicted molar refractivity (Wildman–Crippen MR) is 201 cm³/mol. The van der Waals surface area contributed by atoms with Crippen molar-refractivity contribution in [2.24, 2.45) is 45.3 Å². The van der Waals surface area contributed by atoms with Gasteiger partial charge in [0.1, 0.15) is 30.5 Å². The summed E-state index contributed by atoms with van der Waals surface area (Å²) in [4.78, 5) is 0. The van der Waals surface area contributed by atoms with Crippen LogP contribution in [0.5, 0.6) is 0 Å². The molecule has 13 heteroatoms. The first kappa shape index (κ1) is 43.8. The maximum absolute atomic E-state index is 12.3. The lowest BCUT2D eigenvalue weighted by atomic mass is 9.38. The van der Waals surface area contributed by atoms with Crippen molar-refractivity contribution in [3.05, 3.63) is 11.6 Å². The second-order valence-electron chi connectivity index (χ2n) is 20.1. The molecule has 0 radical (unpaired) electrons. The molecule has 318 valence electrons. The van der Waals surface area contributed by atoms with E-state index in [1.165, 1.54) is 5.57 Å². The van der Waals surface area contributed by atoms with Gasteiger partial charge in [0.25, 0.3) is 0 Å². The fourth-order valence-electron chi connectivity index (χ4n) is 12.6. The first-order valence-corrected chi connectivity index (χ1v) is 20.9. The normalized spacial score (nSPS) is 49.7. The van der Waals surface area contributed by atoms with E-state index in [-0.39, 0.29) is 46.0 Å². The highest BCUT2D eigenvalue weighted by atomic mass is 16.8. The van der Waals surface area contributed by atoms with E-state index < -0.39 is 86.3 Å². The maximum atomic E-state index is 12.3. The van der Waals surface area contributed by atoms with E-state index in [1.807, 2.05) is 0 Å². The third kappa shape index (κ3) is 7.31. The van der Waals surface area contributed by atoms with Gasteiger partial charge in [-0.2, -0.15) is 0 Å². The smallest absolute Gasteiger partial charge is 0.187 e. The molecule has 55 heavy (non-hydrogen) atoms. The molecule has 0 spiro atoms. The van der Waals surface area contributed by atoms with Crippen molar-refractivity contribution in [1.82, 2.24) is 0 Å². The molecule has 0 aromatic heterocycles. The largest absolute Gasteiger partial charge is 0.394 e. The molecule has 3 unspecified atom stereocenters. The van der Waals surface area contributed by atoms with E-state index in [4.69, 9.17) is 18.9 Å². The lowest BCUT2D eigenvalue weighted by Gasteiger charge is -2.67. The summed E-state index contributed by atoms with van der Waals surface area (Å²) in [6, 6.07) is 0. The van der Waals surface area contributed by atoms with E-state index in [0.717, 1.165) is 32.1 Å². The summed E-state index contributed by atoms with van der Waals surface area (Å²) in [7, 11) is 0. The molecule has 0 aromatic rings. The SMILES string of the molecule is C[C@H](CC[C@@H](O[C@@H]1O[C@H](CO)C[C@H](O)[C@H]1O[C@@H]1O[C@H](CO)[C@@H](O)[C@H](O)[C@H]1O)C(C)(C)O)C1CC[C@@]2(C)C3CC=C4C(CC[C@H](O)C4(C)C)[C@]3(C)[C@H](O)C[C@]12C. The van der Waals surface area contributed by atoms with Crippen LogP contribution < -0.4 is 0 Å². The monoisotopic (exact) mass is 784 g/mol. The number of hydrogen-bond donors (Lipinski definition) is 9. The Bertz CT molecular complexity index is 1370. The minimum Gasteiger partial charge on any atom is -0.394 e. The fourth-order valence-corrected chi connectivity index (χ4v) is 12.6. The van der Waals surface area contributed by atoms with Crippen LogP contribution in [-0.2, 0) is 18.9 Å². The van der Waals surface area contributed by atoms with E-state index in [2.05, 4.69) is 47.6 Å². The Kier molecular flexibility index (Phi) is 12.5. The third-order valence-electron chi connectivity index (χ3n) is 16.4. The first-order chi connectivity index (χ1) is 25.6. The van der Waals surface area contributed by atoms with Crippen molar-refractivity contribution >= 4 is 0 Å². The third-order valence-corrected chi connectivity index (χ3v) is 16.4. The molecule has 6 rings (SSSR count). The summed E-state index contributed by atoms with van der Waals surface area (Å²) in [5.41, 5.74) is -0.773. The summed E-state index contributed by atoms with van der Waals surface area (Å²) in [5, 5.41) is 96.8. The summed E-state index contributed by atoms with van der Waals surface area (Å²) in [5.74, 6) is 1.05. The van der Waals surface area contributed by atoms with E-state index in [9.17, 15) is 46.0 Å². The van der Waals surface area contributed by atoms with E-state index in [0.29, 0.717) is 31.1 Å². The van der Waals surface area contributed by atoms with Gasteiger partial charge in [0.2, 0.25) is 0 Å². The first-order valence-electron chi connectivity index (χ1n) is 20.9. The van der Waals surface area contributed by atoms with Crippen molar-refractivity contribution in [2.75, 3.05) is 13.2 Å². The number of fused-ring (bicyclic) bond motifs is 5. The maximum Gasteiger partial charge on any atom is 0.187 e. The number of allylic oxidation sites excluding steroid dienone is 1. The van der Waals surface area contributed by atoms with E-state index in [1.54, 1.807) is 13.8 Å². The van der Waals surface area contributed by atoms with Crippen LogP contribution in [0.1, 0.15) is 113 Å². The van der Waals surface area contributed by atoms with Crippen LogP contribution in [0.2, 0.25) is 0 Å². The van der Waals surface area contributed by atoms with Crippen LogP contribution in [0.15, 0.2) is 11.6 Å². The lowest BCUT2D eigenvalue weighted by molar-refractivity contribution is -0.364. The second kappa shape index (κ2) is 15.7. The summed E-state index contributed by atoms with van der Waals surface area (Å²) < 4.78 is 24.0. The zero-order valence-electron chi connectivity index (χ0n) is 34.3. The highest BCUT2D eigenvalue weighted by Crippen LogP contribution is 2.75. The van der Waals surface area contributed by atoms with Gasteiger partial charge >= 0.3 is 0 Å². The molecule has 2 saturated heterocycles. The Morgan fingerprint density at radius 1 is 0.836 bits per heavy atom. The van der Waals surface area contributed by atoms with Crippen LogP contribution in [-0.4, -0.2) is 138 Å². The van der Waals surface area contributed by atoms with Crippen LogP contribution in [0.3, 0.4) is 0 Å². The number of aliphatic hydroxyl groups is 9. The standard InChI is InChI=1S/C42H72O13/c1-21(23-15-16-40(6)28-12-10-24-25(11-13-29(46)38(24,2)3)42(28,8)30(47)18-41(23,40)7)9-14-31(39(4,5)51)54-37-35(26(45)17-22(19-43)52-37)55-36-34(50)33(49)32(48)27(20-44)53-36/h10,21-23,25-37,43-51H,9,11-20H2,1-8H3/t21-,22+,23?,25?,26+,27-,28?,29+,30-,31-,32-,33+,34-,35-,36+,37+,40+,41-,42+/m1/s1. The molecule has 2 aliphatic heterocycles. The van der Waals surface area contributed by atoms with Gasteiger partial charge in [-0.3, -0.25) is 0 Å². The Hall–Kier alpha value is -0.780. The number of rotatable bonds is 11. The van der Waals surface area contributed by atoms with Gasteiger partial charge in [0, 0.05) is 17.3 Å². The Labute approximate surface area is 327 Å². The number of aliphatic hydroxyl groups excluding tert-OH is 8. The number of hydrogen-bond acceptors (Lipinski definition) is 13. The molecule has 6 aliphatic rings. The molecule has 3 saturated carbocycles. The molecule has 13 nitrogen and oxygen atoms in total. The minimum absolute atomic E-state index is 0.00531. The Morgan fingerprint density at radius 2 is 1.53 bits per heavy atom. The van der Waals surface area contributed by atoms with Crippen molar-refractivity contribution in [2.45, 2.75) is 192 Å². The molecule has 0 bridgehead atoms. The molecule has 5 fully saturated rings. The van der Waals surface area contributed by atoms with Crippen molar-refractivity contribution in [1.29, 1.82) is 0 Å². The van der Waals surface area contributed by atoms with Crippen molar-refractivity contribution < 1.29 is 64.9 Å². The van der Waals surface area contributed by atoms with Crippen LogP contribution in [0.4, 0.5) is 0 Å². The fraction of sp³-hybridized carbons (Fsp3) is 0.952. The summed E-state index contributed by atoms with van der Waals surface area (Å²) >= 11 is 0. The van der Waals surface area contributed by atoms with Gasteiger partial charge in [-0.05, 0) is 99.7 Å². The zero-order chi connectivity index (χ0) is 40.6. The minimum atomic E-state index is -1.71.